The minimum atomic E-state index is -4.64. The van der Waals surface area contributed by atoms with Crippen LogP contribution in [-0.4, -0.2) is 6.29 Å². The van der Waals surface area contributed by atoms with Gasteiger partial charge < -0.3 is 0 Å². The predicted molar refractivity (Wildman–Crippen MR) is 85.0 cm³/mol. The van der Waals surface area contributed by atoms with Gasteiger partial charge in [-0.2, -0.15) is 26.3 Å². The molecular formula is C19H16F6O. The summed E-state index contributed by atoms with van der Waals surface area (Å²) in [5.41, 5.74) is -1.74. The summed E-state index contributed by atoms with van der Waals surface area (Å²) >= 11 is 0. The molecule has 1 unspecified atom stereocenters. The first-order valence-electron chi connectivity index (χ1n) is 7.88. The third kappa shape index (κ3) is 4.65. The van der Waals surface area contributed by atoms with Crippen molar-refractivity contribution in [3.05, 3.63) is 70.3 Å². The molecule has 0 bridgehead atoms. The first-order chi connectivity index (χ1) is 12.1. The summed E-state index contributed by atoms with van der Waals surface area (Å²) in [5.74, 6) is -0.629. The van der Waals surface area contributed by atoms with Crippen LogP contribution < -0.4 is 0 Å². The molecule has 0 aliphatic rings. The molecule has 0 heterocycles. The van der Waals surface area contributed by atoms with Crippen molar-refractivity contribution in [2.45, 2.75) is 38.0 Å². The van der Waals surface area contributed by atoms with Crippen LogP contribution in [0.5, 0.6) is 0 Å². The van der Waals surface area contributed by atoms with Crippen LogP contribution in [0.2, 0.25) is 0 Å². The minimum absolute atomic E-state index is 0.0334. The Hall–Kier alpha value is -2.31. The van der Waals surface area contributed by atoms with E-state index < -0.39 is 29.4 Å². The minimum Gasteiger partial charge on any atom is -0.298 e. The first kappa shape index (κ1) is 20.0. The van der Waals surface area contributed by atoms with Gasteiger partial charge in [0.15, 0.2) is 0 Å². The molecule has 0 aromatic heterocycles. The Morgan fingerprint density at radius 1 is 0.962 bits per heavy atom. The van der Waals surface area contributed by atoms with E-state index in [1.54, 1.807) is 6.92 Å². The average Bonchev–Trinajstić information content (AvgIpc) is 2.57. The fourth-order valence-electron chi connectivity index (χ4n) is 2.94. The molecule has 140 valence electrons. The predicted octanol–water partition coefficient (Wildman–Crippen LogP) is 6.27. The van der Waals surface area contributed by atoms with Crippen molar-refractivity contribution in [2.24, 2.45) is 0 Å². The summed E-state index contributed by atoms with van der Waals surface area (Å²) in [4.78, 5) is 10.9. The van der Waals surface area contributed by atoms with Crippen molar-refractivity contribution in [1.82, 2.24) is 0 Å². The molecule has 2 aromatic rings. The van der Waals surface area contributed by atoms with Gasteiger partial charge in [0, 0.05) is 5.56 Å². The summed E-state index contributed by atoms with van der Waals surface area (Å²) in [6, 6.07) is 7.92. The Morgan fingerprint density at radius 3 is 2.15 bits per heavy atom. The van der Waals surface area contributed by atoms with E-state index in [-0.39, 0.29) is 23.1 Å². The Morgan fingerprint density at radius 2 is 1.62 bits per heavy atom. The zero-order chi connectivity index (χ0) is 19.5. The molecule has 0 saturated heterocycles. The SMILES string of the molecule is CCC(Cc1cc(C=O)cc(C(F)(F)F)c1)c1ccccc1C(F)(F)F. The molecule has 0 radical (unpaired) electrons. The van der Waals surface area contributed by atoms with Crippen LogP contribution in [0.3, 0.4) is 0 Å². The van der Waals surface area contributed by atoms with Crippen molar-refractivity contribution in [1.29, 1.82) is 0 Å². The molecular weight excluding hydrogens is 358 g/mol. The lowest BCUT2D eigenvalue weighted by atomic mass is 9.86. The lowest BCUT2D eigenvalue weighted by Gasteiger charge is -2.21. The Labute approximate surface area is 146 Å². The number of halogens is 6. The van der Waals surface area contributed by atoms with Crippen molar-refractivity contribution in [3.63, 3.8) is 0 Å². The number of aldehydes is 1. The number of carbonyl (C=O) groups is 1. The van der Waals surface area contributed by atoms with Crippen molar-refractivity contribution < 1.29 is 31.1 Å². The van der Waals surface area contributed by atoms with E-state index >= 15 is 0 Å². The van der Waals surface area contributed by atoms with Crippen LogP contribution in [0.25, 0.3) is 0 Å². The third-order valence-corrected chi connectivity index (χ3v) is 4.16. The van der Waals surface area contributed by atoms with Gasteiger partial charge in [-0.1, -0.05) is 25.1 Å². The monoisotopic (exact) mass is 374 g/mol. The number of carbonyl (C=O) groups excluding carboxylic acids is 1. The third-order valence-electron chi connectivity index (χ3n) is 4.16. The summed E-state index contributed by atoms with van der Waals surface area (Å²) in [7, 11) is 0. The average molecular weight is 374 g/mol. The van der Waals surface area contributed by atoms with Crippen LogP contribution in [0.1, 0.15) is 51.9 Å². The number of benzene rings is 2. The highest BCUT2D eigenvalue weighted by Gasteiger charge is 2.35. The quantitative estimate of drug-likeness (QED) is 0.445. The molecule has 1 atom stereocenters. The highest BCUT2D eigenvalue weighted by atomic mass is 19.4. The lowest BCUT2D eigenvalue weighted by Crippen LogP contribution is -2.14. The first-order valence-corrected chi connectivity index (χ1v) is 7.88. The maximum atomic E-state index is 13.2. The fraction of sp³-hybridized carbons (Fsp3) is 0.316. The molecule has 26 heavy (non-hydrogen) atoms. The van der Waals surface area contributed by atoms with Gasteiger partial charge in [-0.05, 0) is 54.2 Å². The molecule has 0 spiro atoms. The second-order valence-electron chi connectivity index (χ2n) is 5.97. The van der Waals surface area contributed by atoms with Gasteiger partial charge in [0.2, 0.25) is 0 Å². The van der Waals surface area contributed by atoms with E-state index in [4.69, 9.17) is 0 Å². The van der Waals surface area contributed by atoms with Crippen LogP contribution in [0.4, 0.5) is 26.3 Å². The molecule has 0 saturated carbocycles. The maximum Gasteiger partial charge on any atom is 0.416 e. The molecule has 0 N–H and O–H groups in total. The van der Waals surface area contributed by atoms with Gasteiger partial charge in [-0.15, -0.1) is 0 Å². The van der Waals surface area contributed by atoms with Crippen LogP contribution >= 0.6 is 0 Å². The fourth-order valence-corrected chi connectivity index (χ4v) is 2.94. The number of rotatable bonds is 5. The number of hydrogen-bond acceptors (Lipinski definition) is 1. The van der Waals surface area contributed by atoms with E-state index in [1.807, 2.05) is 0 Å². The van der Waals surface area contributed by atoms with E-state index in [0.717, 1.165) is 18.2 Å². The number of hydrogen-bond donors (Lipinski definition) is 0. The Bertz CT molecular complexity index is 776. The second-order valence-corrected chi connectivity index (χ2v) is 5.97. The van der Waals surface area contributed by atoms with Crippen LogP contribution in [0.15, 0.2) is 42.5 Å². The molecule has 0 aliphatic heterocycles. The van der Waals surface area contributed by atoms with Gasteiger partial charge in [0.1, 0.15) is 6.29 Å². The largest absolute Gasteiger partial charge is 0.416 e. The summed E-state index contributed by atoms with van der Waals surface area (Å²) < 4.78 is 78.6. The van der Waals surface area contributed by atoms with Gasteiger partial charge in [-0.25, -0.2) is 0 Å². The van der Waals surface area contributed by atoms with Gasteiger partial charge in [-0.3, -0.25) is 4.79 Å². The molecule has 0 fully saturated rings. The van der Waals surface area contributed by atoms with E-state index in [0.29, 0.717) is 12.7 Å². The van der Waals surface area contributed by atoms with Crippen molar-refractivity contribution in [2.75, 3.05) is 0 Å². The highest BCUT2D eigenvalue weighted by molar-refractivity contribution is 5.75. The lowest BCUT2D eigenvalue weighted by molar-refractivity contribution is -0.138. The maximum absolute atomic E-state index is 13.2. The highest BCUT2D eigenvalue weighted by Crippen LogP contribution is 2.38. The van der Waals surface area contributed by atoms with Crippen LogP contribution in [0, 0.1) is 0 Å². The van der Waals surface area contributed by atoms with Gasteiger partial charge in [0.25, 0.3) is 0 Å². The number of alkyl halides is 6. The zero-order valence-corrected chi connectivity index (χ0v) is 13.8. The van der Waals surface area contributed by atoms with E-state index in [2.05, 4.69) is 0 Å². The summed E-state index contributed by atoms with van der Waals surface area (Å²) in [6.45, 7) is 1.67. The topological polar surface area (TPSA) is 17.1 Å². The molecule has 1 nitrogen and oxygen atoms in total. The normalized spacial score (nSPS) is 13.5. The van der Waals surface area contributed by atoms with E-state index in [1.165, 1.54) is 24.3 Å². The van der Waals surface area contributed by atoms with Crippen molar-refractivity contribution >= 4 is 6.29 Å². The summed E-state index contributed by atoms with van der Waals surface area (Å²) in [6.07, 6.45) is -8.62. The molecule has 7 heteroatoms. The molecule has 0 aliphatic carbocycles. The summed E-state index contributed by atoms with van der Waals surface area (Å²) in [5, 5.41) is 0. The van der Waals surface area contributed by atoms with Crippen molar-refractivity contribution in [3.8, 4) is 0 Å². The Kier molecular flexibility index (Phi) is 5.78. The standard InChI is InChI=1S/C19H16F6O/c1-2-14(16-5-3-4-6-17(16)19(23,24)25)8-12-7-13(11-26)10-15(9-12)18(20,21)22/h3-7,9-11,14H,2,8H2,1H3. The molecule has 0 amide bonds. The van der Waals surface area contributed by atoms with Gasteiger partial charge >= 0.3 is 12.4 Å². The zero-order valence-electron chi connectivity index (χ0n) is 13.8. The smallest absolute Gasteiger partial charge is 0.298 e. The molecule has 2 aromatic carbocycles. The second kappa shape index (κ2) is 7.51. The Balaban J connectivity index is 2.45. The van der Waals surface area contributed by atoms with E-state index in [9.17, 15) is 31.1 Å². The van der Waals surface area contributed by atoms with Gasteiger partial charge in [0.05, 0.1) is 11.1 Å². The molecule has 2 rings (SSSR count). The van der Waals surface area contributed by atoms with Crippen LogP contribution in [-0.2, 0) is 18.8 Å².